The van der Waals surface area contributed by atoms with E-state index in [0.29, 0.717) is 42.8 Å². The molecule has 29 heavy (non-hydrogen) atoms. The number of likely N-dealkylation sites (tertiary alicyclic amines) is 1. The van der Waals surface area contributed by atoms with E-state index in [1.54, 1.807) is 23.6 Å². The Morgan fingerprint density at radius 2 is 2.31 bits per heavy atom. The number of ether oxygens (including phenoxy) is 3. The zero-order valence-corrected chi connectivity index (χ0v) is 16.9. The number of carbonyl (C=O) groups is 2. The minimum absolute atomic E-state index is 0.00301. The van der Waals surface area contributed by atoms with Gasteiger partial charge < -0.3 is 24.4 Å². The van der Waals surface area contributed by atoms with Gasteiger partial charge in [-0.15, -0.1) is 11.3 Å². The Kier molecular flexibility index (Phi) is 5.96. The summed E-state index contributed by atoms with van der Waals surface area (Å²) < 4.78 is 16.8. The molecule has 0 spiro atoms. The van der Waals surface area contributed by atoms with Crippen LogP contribution >= 0.6 is 11.3 Å². The van der Waals surface area contributed by atoms with E-state index in [-0.39, 0.29) is 30.4 Å². The molecule has 2 fully saturated rings. The van der Waals surface area contributed by atoms with Gasteiger partial charge in [-0.2, -0.15) is 0 Å². The Hall–Kier alpha value is -2.65. The maximum atomic E-state index is 12.4. The molecular formula is C20H23N3O5S. The van der Waals surface area contributed by atoms with Gasteiger partial charge in [0.2, 0.25) is 11.8 Å². The molecule has 2 aliphatic heterocycles. The third-order valence-electron chi connectivity index (χ3n) is 5.07. The number of thiazole rings is 1. The van der Waals surface area contributed by atoms with Gasteiger partial charge in [0.25, 0.3) is 0 Å². The van der Waals surface area contributed by atoms with Gasteiger partial charge in [-0.3, -0.25) is 9.59 Å². The van der Waals surface area contributed by atoms with Gasteiger partial charge in [-0.1, -0.05) is 6.07 Å². The number of nitrogens with one attached hydrogen (secondary N) is 1. The number of carbonyl (C=O) groups excluding carboxylic acids is 2. The Morgan fingerprint density at radius 1 is 1.41 bits per heavy atom. The second-order valence-corrected chi connectivity index (χ2v) is 7.97. The Bertz CT molecular complexity index is 867. The first-order valence-electron chi connectivity index (χ1n) is 9.52. The summed E-state index contributed by atoms with van der Waals surface area (Å²) in [6.45, 7) is 1.77. The largest absolute Gasteiger partial charge is 0.493 e. The highest BCUT2D eigenvalue weighted by molar-refractivity contribution is 7.13. The van der Waals surface area contributed by atoms with E-state index < -0.39 is 0 Å². The van der Waals surface area contributed by atoms with Crippen molar-refractivity contribution < 1.29 is 23.8 Å². The number of hydrogen-bond acceptors (Lipinski definition) is 7. The van der Waals surface area contributed by atoms with Crippen LogP contribution in [0.3, 0.4) is 0 Å². The number of rotatable bonds is 7. The molecule has 2 atom stereocenters. The third kappa shape index (κ3) is 4.68. The van der Waals surface area contributed by atoms with Crippen molar-refractivity contribution in [1.82, 2.24) is 9.88 Å². The molecule has 0 aliphatic carbocycles. The van der Waals surface area contributed by atoms with E-state index >= 15 is 0 Å². The number of aromatic nitrogens is 1. The van der Waals surface area contributed by atoms with Crippen LogP contribution in [0.1, 0.15) is 24.3 Å². The zero-order valence-electron chi connectivity index (χ0n) is 16.1. The van der Waals surface area contributed by atoms with Gasteiger partial charge in [0.15, 0.2) is 16.6 Å². The fourth-order valence-corrected chi connectivity index (χ4v) is 4.14. The predicted molar refractivity (Wildman–Crippen MR) is 108 cm³/mol. The van der Waals surface area contributed by atoms with Crippen molar-refractivity contribution in [2.45, 2.75) is 24.9 Å². The van der Waals surface area contributed by atoms with Crippen molar-refractivity contribution in [3.63, 3.8) is 0 Å². The predicted octanol–water partition coefficient (Wildman–Crippen LogP) is 2.27. The molecule has 2 aromatic rings. The molecule has 1 N–H and O–H groups in total. The second-order valence-electron chi connectivity index (χ2n) is 7.07. The normalized spacial score (nSPS) is 21.4. The summed E-state index contributed by atoms with van der Waals surface area (Å²) in [5.74, 6) is 1.04. The van der Waals surface area contributed by atoms with Crippen LogP contribution in [0.5, 0.6) is 11.5 Å². The monoisotopic (exact) mass is 417 g/mol. The molecule has 2 saturated heterocycles. The summed E-state index contributed by atoms with van der Waals surface area (Å²) in [7, 11) is 1.61. The first kappa shape index (κ1) is 19.7. The van der Waals surface area contributed by atoms with Crippen LogP contribution in [0.25, 0.3) is 0 Å². The lowest BCUT2D eigenvalue weighted by atomic mass is 9.98. The molecule has 0 unspecified atom stereocenters. The van der Waals surface area contributed by atoms with Gasteiger partial charge in [0.05, 0.1) is 26.9 Å². The van der Waals surface area contributed by atoms with Crippen LogP contribution in [-0.2, 0) is 14.3 Å². The van der Waals surface area contributed by atoms with Crippen molar-refractivity contribution >= 4 is 28.3 Å². The first-order valence-corrected chi connectivity index (χ1v) is 10.4. The molecule has 4 rings (SSSR count). The smallest absolute Gasteiger partial charge is 0.245 e. The van der Waals surface area contributed by atoms with Crippen molar-refractivity contribution in [1.29, 1.82) is 0 Å². The van der Waals surface area contributed by atoms with Gasteiger partial charge in [0, 0.05) is 36.9 Å². The molecule has 3 heterocycles. The van der Waals surface area contributed by atoms with Crippen LogP contribution in [0.2, 0.25) is 0 Å². The fraction of sp³-hybridized carbons (Fsp3) is 0.450. The van der Waals surface area contributed by atoms with E-state index in [9.17, 15) is 9.59 Å². The van der Waals surface area contributed by atoms with Crippen molar-refractivity contribution in [2.24, 2.45) is 0 Å². The highest BCUT2D eigenvalue weighted by atomic mass is 32.1. The van der Waals surface area contributed by atoms with E-state index in [1.807, 2.05) is 18.2 Å². The third-order valence-corrected chi connectivity index (χ3v) is 5.76. The Morgan fingerprint density at radius 3 is 3.03 bits per heavy atom. The lowest BCUT2D eigenvalue weighted by molar-refractivity contribution is -0.131. The van der Waals surface area contributed by atoms with E-state index in [4.69, 9.17) is 14.2 Å². The number of anilines is 1. The van der Waals surface area contributed by atoms with Gasteiger partial charge in [-0.05, 0) is 17.7 Å². The zero-order chi connectivity index (χ0) is 20.2. The average molecular weight is 417 g/mol. The highest BCUT2D eigenvalue weighted by Gasteiger charge is 2.32. The summed E-state index contributed by atoms with van der Waals surface area (Å²) >= 11 is 1.34. The highest BCUT2D eigenvalue weighted by Crippen LogP contribution is 2.36. The maximum Gasteiger partial charge on any atom is 0.245 e. The Labute approximate surface area is 172 Å². The topological polar surface area (TPSA) is 90.0 Å². The number of benzene rings is 1. The quantitative estimate of drug-likeness (QED) is 0.743. The summed E-state index contributed by atoms with van der Waals surface area (Å²) in [5.41, 5.74) is 0.996. The molecule has 0 saturated carbocycles. The van der Waals surface area contributed by atoms with Crippen LogP contribution in [0.4, 0.5) is 5.13 Å². The molecule has 9 heteroatoms. The minimum Gasteiger partial charge on any atom is -0.493 e. The van der Waals surface area contributed by atoms with Crippen molar-refractivity contribution in [3.8, 4) is 11.5 Å². The van der Waals surface area contributed by atoms with Crippen LogP contribution in [0, 0.1) is 0 Å². The van der Waals surface area contributed by atoms with Crippen LogP contribution < -0.4 is 14.8 Å². The standard InChI is InChI=1S/C20H23N3O5S/c1-26-16-3-2-13(8-17(16)28-15-4-6-27-12-15)14-9-19(25)23(10-14)11-18(24)22-20-21-5-7-29-20/h2-3,5,7-8,14-15H,4,6,9-12H2,1H3,(H,21,22,24)/t14-,15-/m1/s1. The molecule has 0 bridgehead atoms. The van der Waals surface area contributed by atoms with Crippen molar-refractivity contribution in [2.75, 3.05) is 38.7 Å². The van der Waals surface area contributed by atoms with Gasteiger partial charge in [0.1, 0.15) is 6.10 Å². The molecule has 1 aromatic heterocycles. The molecule has 154 valence electrons. The summed E-state index contributed by atoms with van der Waals surface area (Å²) in [4.78, 5) is 30.3. The average Bonchev–Trinajstić information content (AvgIpc) is 3.46. The lowest BCUT2D eigenvalue weighted by Gasteiger charge is -2.18. The Balaban J connectivity index is 1.41. The van der Waals surface area contributed by atoms with E-state index in [0.717, 1.165) is 12.0 Å². The summed E-state index contributed by atoms with van der Waals surface area (Å²) in [6, 6.07) is 5.75. The van der Waals surface area contributed by atoms with Crippen LogP contribution in [-0.4, -0.2) is 61.2 Å². The van der Waals surface area contributed by atoms with Crippen molar-refractivity contribution in [3.05, 3.63) is 35.3 Å². The lowest BCUT2D eigenvalue weighted by Crippen LogP contribution is -2.34. The summed E-state index contributed by atoms with van der Waals surface area (Å²) in [6.07, 6.45) is 2.84. The molecule has 2 amide bonds. The minimum atomic E-state index is -0.242. The number of hydrogen-bond donors (Lipinski definition) is 1. The molecule has 1 aromatic carbocycles. The molecule has 2 aliphatic rings. The van der Waals surface area contributed by atoms with E-state index in [2.05, 4.69) is 10.3 Å². The van der Waals surface area contributed by atoms with Crippen LogP contribution in [0.15, 0.2) is 29.8 Å². The first-order chi connectivity index (χ1) is 14.1. The van der Waals surface area contributed by atoms with Gasteiger partial charge >= 0.3 is 0 Å². The molecular weight excluding hydrogens is 394 g/mol. The van der Waals surface area contributed by atoms with Gasteiger partial charge in [-0.25, -0.2) is 4.98 Å². The number of amides is 2. The second kappa shape index (κ2) is 8.79. The summed E-state index contributed by atoms with van der Waals surface area (Å²) in [5, 5.41) is 5.03. The SMILES string of the molecule is COc1ccc([C@@H]2CC(=O)N(CC(=O)Nc3nccs3)C2)cc1O[C@@H]1CCOC1. The number of nitrogens with zero attached hydrogens (tertiary/aromatic N) is 2. The molecule has 0 radical (unpaired) electrons. The molecule has 8 nitrogen and oxygen atoms in total. The number of methoxy groups -OCH3 is 1. The maximum absolute atomic E-state index is 12.4. The fourth-order valence-electron chi connectivity index (χ4n) is 3.59. The van der Waals surface area contributed by atoms with E-state index in [1.165, 1.54) is 11.3 Å².